The Morgan fingerprint density at radius 3 is 2.65 bits per heavy atom. The molecule has 1 amide bonds. The summed E-state index contributed by atoms with van der Waals surface area (Å²) < 4.78 is 4.93. The number of hydrogen-bond acceptors (Lipinski definition) is 6. The summed E-state index contributed by atoms with van der Waals surface area (Å²) in [5, 5.41) is 3.83. The van der Waals surface area contributed by atoms with E-state index in [0.717, 1.165) is 31.2 Å². The fraction of sp³-hybridized carbons (Fsp3) is 0.294. The van der Waals surface area contributed by atoms with Gasteiger partial charge in [0.1, 0.15) is 5.00 Å². The van der Waals surface area contributed by atoms with Gasteiger partial charge in [0.15, 0.2) is 5.11 Å². The van der Waals surface area contributed by atoms with Crippen LogP contribution < -0.4 is 16.2 Å². The fourth-order valence-electron chi connectivity index (χ4n) is 2.80. The van der Waals surface area contributed by atoms with Crippen LogP contribution in [0.5, 0.6) is 0 Å². The summed E-state index contributed by atoms with van der Waals surface area (Å²) in [6.07, 6.45) is 7.03. The maximum Gasteiger partial charge on any atom is 0.341 e. The Morgan fingerprint density at radius 2 is 1.92 bits per heavy atom. The second-order valence-corrected chi connectivity index (χ2v) is 7.19. The monoisotopic (exact) mass is 390 g/mol. The molecule has 3 rings (SSSR count). The number of aromatic nitrogens is 1. The molecule has 9 heteroatoms. The molecule has 0 aromatic carbocycles. The largest absolute Gasteiger partial charge is 0.465 e. The summed E-state index contributed by atoms with van der Waals surface area (Å²) in [6.45, 7) is 0. The molecule has 2 aromatic heterocycles. The first-order valence-corrected chi connectivity index (χ1v) is 9.33. The predicted molar refractivity (Wildman–Crippen MR) is 103 cm³/mol. The van der Waals surface area contributed by atoms with E-state index in [2.05, 4.69) is 21.2 Å². The number of nitrogens with one attached hydrogen (secondary N) is 3. The highest BCUT2D eigenvalue weighted by atomic mass is 32.1. The summed E-state index contributed by atoms with van der Waals surface area (Å²) in [7, 11) is 1.37. The molecule has 0 fully saturated rings. The number of nitrogens with zero attached hydrogens (tertiary/aromatic N) is 1. The molecule has 0 unspecified atom stereocenters. The van der Waals surface area contributed by atoms with Crippen LogP contribution >= 0.6 is 23.6 Å². The maximum absolute atomic E-state index is 12.2. The third kappa shape index (κ3) is 4.00. The highest BCUT2D eigenvalue weighted by Gasteiger charge is 2.26. The number of aryl methyl sites for hydroxylation is 1. The van der Waals surface area contributed by atoms with E-state index < -0.39 is 0 Å². The lowest BCUT2D eigenvalue weighted by Gasteiger charge is -2.13. The number of carbonyl (C=O) groups excluding carboxylic acids is 2. The SMILES string of the molecule is COC(=O)c1c(NC(=S)NNC(=O)c2ccncc2)sc2c1CCCC2. The first-order valence-electron chi connectivity index (χ1n) is 8.10. The molecule has 3 N–H and O–H groups in total. The number of thiophene rings is 1. The molecule has 1 aliphatic rings. The van der Waals surface area contributed by atoms with Crippen LogP contribution in [-0.2, 0) is 17.6 Å². The first kappa shape index (κ1) is 18.3. The molecule has 0 aliphatic heterocycles. The van der Waals surface area contributed by atoms with E-state index in [9.17, 15) is 9.59 Å². The highest BCUT2D eigenvalue weighted by Crippen LogP contribution is 2.38. The summed E-state index contributed by atoms with van der Waals surface area (Å²) in [6, 6.07) is 3.19. The van der Waals surface area contributed by atoms with Gasteiger partial charge >= 0.3 is 5.97 Å². The molecule has 2 heterocycles. The van der Waals surface area contributed by atoms with Crippen molar-refractivity contribution in [2.75, 3.05) is 12.4 Å². The Kier molecular flexibility index (Phi) is 5.79. The maximum atomic E-state index is 12.2. The molecule has 0 atom stereocenters. The normalized spacial score (nSPS) is 12.7. The van der Waals surface area contributed by atoms with Gasteiger partial charge in [-0.3, -0.25) is 20.6 Å². The van der Waals surface area contributed by atoms with Gasteiger partial charge in [0.25, 0.3) is 5.91 Å². The third-order valence-electron chi connectivity index (χ3n) is 4.02. The van der Waals surface area contributed by atoms with E-state index in [1.807, 2.05) is 0 Å². The van der Waals surface area contributed by atoms with Gasteiger partial charge in [0, 0.05) is 22.8 Å². The molecule has 0 saturated carbocycles. The minimum Gasteiger partial charge on any atom is -0.465 e. The van der Waals surface area contributed by atoms with Crippen molar-refractivity contribution < 1.29 is 14.3 Å². The van der Waals surface area contributed by atoms with Gasteiger partial charge in [-0.15, -0.1) is 11.3 Å². The molecular formula is C17H18N4O3S2. The van der Waals surface area contributed by atoms with Crippen LogP contribution in [0.1, 0.15) is 44.0 Å². The number of thiocarbonyl (C=S) groups is 1. The molecule has 136 valence electrons. The number of methoxy groups -OCH3 is 1. The van der Waals surface area contributed by atoms with Crippen LogP contribution in [0.4, 0.5) is 5.00 Å². The van der Waals surface area contributed by atoms with Crippen LogP contribution in [0.25, 0.3) is 0 Å². The number of anilines is 1. The number of hydrazine groups is 1. The van der Waals surface area contributed by atoms with E-state index in [0.29, 0.717) is 16.1 Å². The van der Waals surface area contributed by atoms with Gasteiger partial charge in [0.05, 0.1) is 12.7 Å². The topological polar surface area (TPSA) is 92.4 Å². The van der Waals surface area contributed by atoms with E-state index in [4.69, 9.17) is 17.0 Å². The molecule has 0 saturated heterocycles. The van der Waals surface area contributed by atoms with Crippen LogP contribution in [0, 0.1) is 0 Å². The van der Waals surface area contributed by atoms with Crippen molar-refractivity contribution in [3.05, 3.63) is 46.1 Å². The molecule has 0 radical (unpaired) electrons. The number of amides is 1. The van der Waals surface area contributed by atoms with Gasteiger partial charge in [-0.2, -0.15) is 0 Å². The Hall–Kier alpha value is -2.52. The summed E-state index contributed by atoms with van der Waals surface area (Å²) in [5.74, 6) is -0.717. The van der Waals surface area contributed by atoms with Gasteiger partial charge in [0.2, 0.25) is 0 Å². The summed E-state index contributed by atoms with van der Waals surface area (Å²) >= 11 is 6.74. The first-order chi connectivity index (χ1) is 12.6. The van der Waals surface area contributed by atoms with E-state index in [1.165, 1.54) is 35.7 Å². The lowest BCUT2D eigenvalue weighted by atomic mass is 9.95. The fourth-order valence-corrected chi connectivity index (χ4v) is 4.29. The van der Waals surface area contributed by atoms with Crippen LogP contribution in [-0.4, -0.2) is 29.1 Å². The van der Waals surface area contributed by atoms with Crippen LogP contribution in [0.15, 0.2) is 24.5 Å². The molecule has 26 heavy (non-hydrogen) atoms. The van der Waals surface area contributed by atoms with Crippen LogP contribution in [0.3, 0.4) is 0 Å². The summed E-state index contributed by atoms with van der Waals surface area (Å²) in [4.78, 5) is 29.3. The van der Waals surface area contributed by atoms with Gasteiger partial charge in [-0.1, -0.05) is 0 Å². The lowest BCUT2D eigenvalue weighted by molar-refractivity contribution is 0.0600. The van der Waals surface area contributed by atoms with Gasteiger partial charge < -0.3 is 10.1 Å². The van der Waals surface area contributed by atoms with Gasteiger partial charge in [-0.05, 0) is 55.6 Å². The Morgan fingerprint density at radius 1 is 1.19 bits per heavy atom. The van der Waals surface area contributed by atoms with E-state index >= 15 is 0 Å². The second kappa shape index (κ2) is 8.24. The number of rotatable bonds is 3. The molecule has 2 aromatic rings. The summed E-state index contributed by atoms with van der Waals surface area (Å²) in [5.41, 5.74) is 7.20. The standard InChI is InChI=1S/C17H18N4O3S2/c1-24-16(23)13-11-4-2-3-5-12(11)26-15(13)19-17(25)21-20-14(22)10-6-8-18-9-7-10/h6-9H,2-5H2,1H3,(H,20,22)(H2,19,21,25). The second-order valence-electron chi connectivity index (χ2n) is 5.68. The number of fused-ring (bicyclic) bond motifs is 1. The number of hydrogen-bond donors (Lipinski definition) is 3. The molecule has 0 spiro atoms. The molecule has 0 bridgehead atoms. The van der Waals surface area contributed by atoms with E-state index in [-0.39, 0.29) is 17.0 Å². The zero-order valence-electron chi connectivity index (χ0n) is 14.1. The Balaban J connectivity index is 1.68. The van der Waals surface area contributed by atoms with Crippen molar-refractivity contribution in [2.45, 2.75) is 25.7 Å². The van der Waals surface area contributed by atoms with Crippen LogP contribution in [0.2, 0.25) is 0 Å². The molecule has 7 nitrogen and oxygen atoms in total. The van der Waals surface area contributed by atoms with Gasteiger partial charge in [-0.25, -0.2) is 4.79 Å². The van der Waals surface area contributed by atoms with E-state index in [1.54, 1.807) is 12.1 Å². The number of ether oxygens (including phenoxy) is 1. The van der Waals surface area contributed by atoms with Crippen molar-refractivity contribution in [3.63, 3.8) is 0 Å². The average Bonchev–Trinajstić information content (AvgIpc) is 3.03. The van der Waals surface area contributed by atoms with Crippen molar-refractivity contribution in [2.24, 2.45) is 0 Å². The number of carbonyl (C=O) groups is 2. The molecular weight excluding hydrogens is 372 g/mol. The van der Waals surface area contributed by atoms with Crippen molar-refractivity contribution >= 4 is 45.5 Å². The third-order valence-corrected chi connectivity index (χ3v) is 5.43. The predicted octanol–water partition coefficient (Wildman–Crippen LogP) is 2.44. The Bertz CT molecular complexity index is 836. The number of pyridine rings is 1. The minimum absolute atomic E-state index is 0.191. The number of esters is 1. The lowest BCUT2D eigenvalue weighted by Crippen LogP contribution is -2.43. The highest BCUT2D eigenvalue weighted by molar-refractivity contribution is 7.80. The molecule has 1 aliphatic carbocycles. The average molecular weight is 390 g/mol. The van der Waals surface area contributed by atoms with Crippen molar-refractivity contribution in [3.8, 4) is 0 Å². The van der Waals surface area contributed by atoms with Crippen molar-refractivity contribution in [1.29, 1.82) is 0 Å². The minimum atomic E-state index is -0.379. The quantitative estimate of drug-likeness (QED) is 0.421. The zero-order chi connectivity index (χ0) is 18.5. The zero-order valence-corrected chi connectivity index (χ0v) is 15.8. The van der Waals surface area contributed by atoms with Crippen molar-refractivity contribution in [1.82, 2.24) is 15.8 Å². The Labute approximate surface area is 160 Å². The smallest absolute Gasteiger partial charge is 0.341 e.